The molecule has 5 nitrogen and oxygen atoms in total. The molecule has 1 aliphatic rings. The zero-order chi connectivity index (χ0) is 15.4. The van der Waals surface area contributed by atoms with Gasteiger partial charge in [0.25, 0.3) is 0 Å². The molecule has 1 unspecified atom stereocenters. The fourth-order valence-electron chi connectivity index (χ4n) is 2.68. The smallest absolute Gasteiger partial charge is 0.238 e. The Morgan fingerprint density at radius 2 is 2.33 bits per heavy atom. The van der Waals surface area contributed by atoms with E-state index in [1.54, 1.807) is 18.2 Å². The van der Waals surface area contributed by atoms with Gasteiger partial charge in [0.1, 0.15) is 0 Å². The van der Waals surface area contributed by atoms with Crippen molar-refractivity contribution in [3.8, 4) is 0 Å². The van der Waals surface area contributed by atoms with E-state index in [0.29, 0.717) is 29.0 Å². The van der Waals surface area contributed by atoms with Crippen LogP contribution in [0.3, 0.4) is 0 Å². The van der Waals surface area contributed by atoms with Gasteiger partial charge in [-0.25, -0.2) is 0 Å². The number of likely N-dealkylation sites (N-methyl/N-ethyl adjacent to an activating group) is 2. The molecule has 1 atom stereocenters. The number of nitrogens with one attached hydrogen (secondary N) is 1. The standard InChI is InChI=1S/C15H23ClN4O/c1-19-7-3-4-12(9-19)20(2)10-15(21)18-14-8-11(16)5-6-13(14)17/h5-6,8,12H,3-4,7,9-10,17H2,1-2H3,(H,18,21). The van der Waals surface area contributed by atoms with Crippen LogP contribution < -0.4 is 11.1 Å². The molecule has 0 bridgehead atoms. The summed E-state index contributed by atoms with van der Waals surface area (Å²) in [5, 5.41) is 3.39. The number of amides is 1. The van der Waals surface area contributed by atoms with E-state index in [0.717, 1.165) is 19.5 Å². The predicted octanol–water partition coefficient (Wildman–Crippen LogP) is 1.89. The summed E-state index contributed by atoms with van der Waals surface area (Å²) in [5.41, 5.74) is 6.93. The number of nitrogens with zero attached hydrogens (tertiary/aromatic N) is 2. The maximum Gasteiger partial charge on any atom is 0.238 e. The largest absolute Gasteiger partial charge is 0.397 e. The number of likely N-dealkylation sites (tertiary alicyclic amines) is 1. The molecule has 0 aliphatic carbocycles. The minimum Gasteiger partial charge on any atom is -0.397 e. The van der Waals surface area contributed by atoms with Crippen molar-refractivity contribution in [3.63, 3.8) is 0 Å². The van der Waals surface area contributed by atoms with Gasteiger partial charge in [0.2, 0.25) is 5.91 Å². The first-order chi connectivity index (χ1) is 9.95. The van der Waals surface area contributed by atoms with E-state index in [1.807, 2.05) is 7.05 Å². The van der Waals surface area contributed by atoms with E-state index in [9.17, 15) is 4.79 Å². The lowest BCUT2D eigenvalue weighted by molar-refractivity contribution is -0.117. The number of piperidine rings is 1. The molecule has 0 saturated carbocycles. The van der Waals surface area contributed by atoms with Crippen LogP contribution in [-0.2, 0) is 4.79 Å². The summed E-state index contributed by atoms with van der Waals surface area (Å²) in [5.74, 6) is -0.0697. The Balaban J connectivity index is 1.90. The number of benzene rings is 1. The molecule has 1 saturated heterocycles. The Bertz CT molecular complexity index is 508. The van der Waals surface area contributed by atoms with Crippen molar-refractivity contribution >= 4 is 28.9 Å². The number of rotatable bonds is 4. The molecule has 1 aromatic rings. The molecule has 1 aromatic carbocycles. The summed E-state index contributed by atoms with van der Waals surface area (Å²) in [6.07, 6.45) is 2.31. The van der Waals surface area contributed by atoms with Crippen LogP contribution in [0.15, 0.2) is 18.2 Å². The van der Waals surface area contributed by atoms with Gasteiger partial charge in [0.05, 0.1) is 17.9 Å². The molecular weight excluding hydrogens is 288 g/mol. The van der Waals surface area contributed by atoms with Crippen molar-refractivity contribution in [2.75, 3.05) is 44.8 Å². The summed E-state index contributed by atoms with van der Waals surface area (Å²) in [6, 6.07) is 5.49. The van der Waals surface area contributed by atoms with Crippen molar-refractivity contribution < 1.29 is 4.79 Å². The zero-order valence-electron chi connectivity index (χ0n) is 12.6. The second kappa shape index (κ2) is 7.11. The van der Waals surface area contributed by atoms with Crippen molar-refractivity contribution in [2.24, 2.45) is 0 Å². The molecule has 1 amide bonds. The number of carbonyl (C=O) groups excluding carboxylic acids is 1. The van der Waals surface area contributed by atoms with Crippen molar-refractivity contribution in [3.05, 3.63) is 23.2 Å². The highest BCUT2D eigenvalue weighted by Gasteiger charge is 2.22. The fourth-order valence-corrected chi connectivity index (χ4v) is 2.85. The van der Waals surface area contributed by atoms with Gasteiger partial charge < -0.3 is 16.0 Å². The number of halogens is 1. The van der Waals surface area contributed by atoms with E-state index in [-0.39, 0.29) is 5.91 Å². The van der Waals surface area contributed by atoms with E-state index < -0.39 is 0 Å². The van der Waals surface area contributed by atoms with E-state index in [1.165, 1.54) is 6.42 Å². The van der Waals surface area contributed by atoms with Crippen LogP contribution in [0.25, 0.3) is 0 Å². The molecule has 3 N–H and O–H groups in total. The topological polar surface area (TPSA) is 61.6 Å². The first-order valence-corrected chi connectivity index (χ1v) is 7.57. The third kappa shape index (κ3) is 4.59. The van der Waals surface area contributed by atoms with Gasteiger partial charge in [0, 0.05) is 17.6 Å². The molecule has 0 aromatic heterocycles. The average Bonchev–Trinajstić information content (AvgIpc) is 2.42. The highest BCUT2D eigenvalue weighted by Crippen LogP contribution is 2.23. The Kier molecular flexibility index (Phi) is 5.45. The number of hydrogen-bond donors (Lipinski definition) is 2. The van der Waals surface area contributed by atoms with Crippen LogP contribution in [-0.4, -0.2) is 55.5 Å². The van der Waals surface area contributed by atoms with Gasteiger partial charge in [-0.3, -0.25) is 9.69 Å². The molecule has 1 heterocycles. The van der Waals surface area contributed by atoms with Crippen LogP contribution >= 0.6 is 11.6 Å². The fraction of sp³-hybridized carbons (Fsp3) is 0.533. The number of nitrogens with two attached hydrogens (primary N) is 1. The number of anilines is 2. The van der Waals surface area contributed by atoms with Crippen LogP contribution in [0, 0.1) is 0 Å². The van der Waals surface area contributed by atoms with E-state index >= 15 is 0 Å². The van der Waals surface area contributed by atoms with Crippen LogP contribution in [0.1, 0.15) is 12.8 Å². The molecule has 2 rings (SSSR count). The van der Waals surface area contributed by atoms with Gasteiger partial charge in [-0.05, 0) is 51.7 Å². The molecule has 1 aliphatic heterocycles. The van der Waals surface area contributed by atoms with Crippen LogP contribution in [0.2, 0.25) is 5.02 Å². The van der Waals surface area contributed by atoms with Gasteiger partial charge >= 0.3 is 0 Å². The maximum absolute atomic E-state index is 12.1. The normalized spacial score (nSPS) is 19.7. The summed E-state index contributed by atoms with van der Waals surface area (Å²) < 4.78 is 0. The quantitative estimate of drug-likeness (QED) is 0.834. The number of nitrogen functional groups attached to an aromatic ring is 1. The molecular formula is C15H23ClN4O. The average molecular weight is 311 g/mol. The monoisotopic (exact) mass is 310 g/mol. The summed E-state index contributed by atoms with van der Waals surface area (Å²) in [7, 11) is 4.11. The molecule has 116 valence electrons. The molecule has 0 spiro atoms. The van der Waals surface area contributed by atoms with Gasteiger partial charge in [0.15, 0.2) is 0 Å². The Labute approximate surface area is 131 Å². The minimum atomic E-state index is -0.0697. The third-order valence-electron chi connectivity index (χ3n) is 3.91. The van der Waals surface area contributed by atoms with Crippen LogP contribution in [0.4, 0.5) is 11.4 Å². The number of hydrogen-bond acceptors (Lipinski definition) is 4. The molecule has 6 heteroatoms. The van der Waals surface area contributed by atoms with Crippen molar-refractivity contribution in [1.82, 2.24) is 9.80 Å². The van der Waals surface area contributed by atoms with E-state index in [2.05, 4.69) is 22.2 Å². The second-order valence-electron chi connectivity index (χ2n) is 5.75. The summed E-state index contributed by atoms with van der Waals surface area (Å²) in [4.78, 5) is 16.6. The minimum absolute atomic E-state index is 0.0697. The first-order valence-electron chi connectivity index (χ1n) is 7.19. The lowest BCUT2D eigenvalue weighted by atomic mass is 10.1. The summed E-state index contributed by atoms with van der Waals surface area (Å²) in [6.45, 7) is 2.49. The lowest BCUT2D eigenvalue weighted by Crippen LogP contribution is -2.47. The predicted molar refractivity (Wildman–Crippen MR) is 87.6 cm³/mol. The highest BCUT2D eigenvalue weighted by atomic mass is 35.5. The third-order valence-corrected chi connectivity index (χ3v) is 4.14. The van der Waals surface area contributed by atoms with E-state index in [4.69, 9.17) is 17.3 Å². The van der Waals surface area contributed by atoms with Gasteiger partial charge in [-0.2, -0.15) is 0 Å². The van der Waals surface area contributed by atoms with Crippen molar-refractivity contribution in [1.29, 1.82) is 0 Å². The van der Waals surface area contributed by atoms with Crippen LogP contribution in [0.5, 0.6) is 0 Å². The first kappa shape index (κ1) is 16.1. The van der Waals surface area contributed by atoms with Gasteiger partial charge in [-0.1, -0.05) is 11.6 Å². The maximum atomic E-state index is 12.1. The highest BCUT2D eigenvalue weighted by molar-refractivity contribution is 6.31. The Morgan fingerprint density at radius 1 is 1.57 bits per heavy atom. The molecule has 1 fully saturated rings. The Morgan fingerprint density at radius 3 is 3.05 bits per heavy atom. The Hall–Kier alpha value is -1.30. The van der Waals surface area contributed by atoms with Crippen molar-refractivity contribution in [2.45, 2.75) is 18.9 Å². The molecule has 21 heavy (non-hydrogen) atoms. The summed E-state index contributed by atoms with van der Waals surface area (Å²) >= 11 is 5.92. The zero-order valence-corrected chi connectivity index (χ0v) is 13.4. The van der Waals surface area contributed by atoms with Gasteiger partial charge in [-0.15, -0.1) is 0 Å². The molecule has 0 radical (unpaired) electrons. The second-order valence-corrected chi connectivity index (χ2v) is 6.19. The number of carbonyl (C=O) groups is 1. The SMILES string of the molecule is CN1CCCC(N(C)CC(=O)Nc2cc(Cl)ccc2N)C1. The lowest BCUT2D eigenvalue weighted by Gasteiger charge is -2.35.